The van der Waals surface area contributed by atoms with Crippen molar-refractivity contribution in [3.05, 3.63) is 36.4 Å². The van der Waals surface area contributed by atoms with Crippen molar-refractivity contribution in [3.8, 4) is 11.4 Å². The molecular formula is C24H34ClN3O. The van der Waals surface area contributed by atoms with E-state index in [-0.39, 0.29) is 12.4 Å². The van der Waals surface area contributed by atoms with E-state index in [4.69, 9.17) is 4.52 Å². The lowest BCUT2D eigenvalue weighted by Crippen LogP contribution is -1.96. The van der Waals surface area contributed by atoms with Crippen LogP contribution in [-0.2, 0) is 6.54 Å². The third-order valence-corrected chi connectivity index (χ3v) is 6.18. The zero-order chi connectivity index (χ0) is 19.2. The smallest absolute Gasteiger partial charge is 0.230 e. The molecule has 4 nitrogen and oxygen atoms in total. The van der Waals surface area contributed by atoms with E-state index in [9.17, 15) is 0 Å². The number of benzene rings is 1. The minimum Gasteiger partial charge on any atom is -0.347 e. The number of fused-ring (bicyclic) bond motifs is 1. The van der Waals surface area contributed by atoms with Crippen molar-refractivity contribution in [1.29, 1.82) is 0 Å². The molecule has 4 rings (SSSR count). The second-order valence-electron chi connectivity index (χ2n) is 8.34. The standard InChI is InChI=1S/C24H33N3O.ClH/c1-2-3-4-5-6-7-10-16-27-17-15-20-18-21(13-14-22(20)27)23-25-24(28-26-23)19-11-8-9-12-19;/h13-15,17-19H,2-12,16H2,1H3;1H. The molecule has 3 aromatic rings. The molecule has 1 fully saturated rings. The molecule has 5 heteroatoms. The third kappa shape index (κ3) is 5.42. The normalized spacial score (nSPS) is 14.5. The highest BCUT2D eigenvalue weighted by Gasteiger charge is 2.23. The summed E-state index contributed by atoms with van der Waals surface area (Å²) in [5.41, 5.74) is 2.35. The highest BCUT2D eigenvalue weighted by Crippen LogP contribution is 2.34. The van der Waals surface area contributed by atoms with Crippen molar-refractivity contribution in [2.24, 2.45) is 0 Å². The molecular weight excluding hydrogens is 382 g/mol. The van der Waals surface area contributed by atoms with Gasteiger partial charge in [0.05, 0.1) is 0 Å². The molecule has 158 valence electrons. The van der Waals surface area contributed by atoms with Gasteiger partial charge < -0.3 is 9.09 Å². The summed E-state index contributed by atoms with van der Waals surface area (Å²) < 4.78 is 7.93. The van der Waals surface area contributed by atoms with Crippen LogP contribution >= 0.6 is 12.4 Å². The highest BCUT2D eigenvalue weighted by atomic mass is 35.5. The lowest BCUT2D eigenvalue weighted by Gasteiger charge is -2.06. The monoisotopic (exact) mass is 415 g/mol. The van der Waals surface area contributed by atoms with Gasteiger partial charge in [0.25, 0.3) is 0 Å². The maximum absolute atomic E-state index is 5.55. The summed E-state index contributed by atoms with van der Waals surface area (Å²) in [5, 5.41) is 5.50. The predicted octanol–water partition coefficient (Wildman–Crippen LogP) is 7.52. The molecule has 0 saturated heterocycles. The first-order valence-corrected chi connectivity index (χ1v) is 11.3. The van der Waals surface area contributed by atoms with Crippen LogP contribution in [-0.4, -0.2) is 14.7 Å². The van der Waals surface area contributed by atoms with E-state index in [1.165, 1.54) is 81.5 Å². The highest BCUT2D eigenvalue weighted by molar-refractivity contribution is 5.85. The SMILES string of the molecule is CCCCCCCCCn1ccc2cc(-c3noc(C4CCCC4)n3)ccc21.Cl. The Morgan fingerprint density at radius 3 is 2.55 bits per heavy atom. The summed E-state index contributed by atoms with van der Waals surface area (Å²) in [5.74, 6) is 2.01. The van der Waals surface area contributed by atoms with Gasteiger partial charge in [-0.05, 0) is 43.5 Å². The van der Waals surface area contributed by atoms with E-state index < -0.39 is 0 Å². The Balaban J connectivity index is 0.00000240. The van der Waals surface area contributed by atoms with Crippen LogP contribution in [0.4, 0.5) is 0 Å². The molecule has 29 heavy (non-hydrogen) atoms. The Hall–Kier alpha value is -1.81. The Kier molecular flexibility index (Phi) is 8.17. The van der Waals surface area contributed by atoms with Crippen molar-refractivity contribution >= 4 is 23.3 Å². The van der Waals surface area contributed by atoms with Crippen molar-refractivity contribution in [2.45, 2.75) is 90.0 Å². The number of unbranched alkanes of at least 4 members (excludes halogenated alkanes) is 6. The fourth-order valence-electron chi connectivity index (χ4n) is 4.46. The number of nitrogens with zero attached hydrogens (tertiary/aromatic N) is 3. The Morgan fingerprint density at radius 2 is 1.76 bits per heavy atom. The van der Waals surface area contributed by atoms with E-state index in [2.05, 4.69) is 52.1 Å². The lowest BCUT2D eigenvalue weighted by molar-refractivity contribution is 0.354. The van der Waals surface area contributed by atoms with Gasteiger partial charge in [-0.25, -0.2) is 0 Å². The third-order valence-electron chi connectivity index (χ3n) is 6.18. The molecule has 0 atom stereocenters. The van der Waals surface area contributed by atoms with Crippen LogP contribution in [0.15, 0.2) is 35.0 Å². The fraction of sp³-hybridized carbons (Fsp3) is 0.583. The molecule has 0 aliphatic heterocycles. The van der Waals surface area contributed by atoms with Crippen LogP contribution in [0.2, 0.25) is 0 Å². The summed E-state index contributed by atoms with van der Waals surface area (Å²) >= 11 is 0. The molecule has 0 bridgehead atoms. The number of aryl methyl sites for hydroxylation is 1. The van der Waals surface area contributed by atoms with Gasteiger partial charge in [-0.3, -0.25) is 0 Å². The molecule has 1 aliphatic carbocycles. The van der Waals surface area contributed by atoms with Crippen LogP contribution in [0, 0.1) is 0 Å². The topological polar surface area (TPSA) is 43.9 Å². The molecule has 0 radical (unpaired) electrons. The van der Waals surface area contributed by atoms with E-state index in [0.29, 0.717) is 5.92 Å². The molecule has 0 spiro atoms. The summed E-state index contributed by atoms with van der Waals surface area (Å²) in [6, 6.07) is 8.74. The summed E-state index contributed by atoms with van der Waals surface area (Å²) in [4.78, 5) is 4.68. The Bertz CT molecular complexity index is 879. The van der Waals surface area contributed by atoms with E-state index in [1.807, 2.05) is 0 Å². The first kappa shape index (κ1) is 21.9. The van der Waals surface area contributed by atoms with Gasteiger partial charge in [-0.2, -0.15) is 4.98 Å². The molecule has 0 N–H and O–H groups in total. The van der Waals surface area contributed by atoms with Crippen LogP contribution in [0.1, 0.15) is 89.4 Å². The van der Waals surface area contributed by atoms with Gasteiger partial charge in [0.1, 0.15) is 0 Å². The number of hydrogen-bond donors (Lipinski definition) is 0. The van der Waals surface area contributed by atoms with Crippen LogP contribution in [0.3, 0.4) is 0 Å². The molecule has 1 aliphatic rings. The van der Waals surface area contributed by atoms with Gasteiger partial charge in [-0.15, -0.1) is 12.4 Å². The van der Waals surface area contributed by atoms with Gasteiger partial charge in [-0.1, -0.05) is 63.4 Å². The first-order valence-electron chi connectivity index (χ1n) is 11.3. The maximum Gasteiger partial charge on any atom is 0.230 e. The zero-order valence-electron chi connectivity index (χ0n) is 17.6. The van der Waals surface area contributed by atoms with Crippen LogP contribution < -0.4 is 0 Å². The minimum absolute atomic E-state index is 0. The van der Waals surface area contributed by atoms with Crippen molar-refractivity contribution in [3.63, 3.8) is 0 Å². The Morgan fingerprint density at radius 1 is 1.00 bits per heavy atom. The summed E-state index contributed by atoms with van der Waals surface area (Å²) in [6.07, 6.45) is 16.6. The average molecular weight is 416 g/mol. The van der Waals surface area contributed by atoms with Crippen molar-refractivity contribution in [1.82, 2.24) is 14.7 Å². The maximum atomic E-state index is 5.55. The summed E-state index contributed by atoms with van der Waals surface area (Å²) in [7, 11) is 0. The van der Waals surface area contributed by atoms with Crippen molar-refractivity contribution in [2.75, 3.05) is 0 Å². The van der Waals surface area contributed by atoms with E-state index >= 15 is 0 Å². The largest absolute Gasteiger partial charge is 0.347 e. The number of halogens is 1. The molecule has 0 unspecified atom stereocenters. The minimum atomic E-state index is 0. The van der Waals surface area contributed by atoms with Gasteiger partial charge in [0.15, 0.2) is 0 Å². The van der Waals surface area contributed by atoms with E-state index in [0.717, 1.165) is 23.8 Å². The number of aromatic nitrogens is 3. The number of hydrogen-bond acceptors (Lipinski definition) is 3. The second-order valence-corrected chi connectivity index (χ2v) is 8.34. The zero-order valence-corrected chi connectivity index (χ0v) is 18.4. The molecule has 2 heterocycles. The molecule has 0 amide bonds. The van der Waals surface area contributed by atoms with Crippen LogP contribution in [0.5, 0.6) is 0 Å². The summed E-state index contributed by atoms with van der Waals surface area (Å²) in [6.45, 7) is 3.38. The fourth-order valence-corrected chi connectivity index (χ4v) is 4.46. The van der Waals surface area contributed by atoms with E-state index in [1.54, 1.807) is 0 Å². The van der Waals surface area contributed by atoms with Crippen molar-refractivity contribution < 1.29 is 4.52 Å². The molecule has 2 aromatic heterocycles. The second kappa shape index (κ2) is 10.8. The number of rotatable bonds is 10. The lowest BCUT2D eigenvalue weighted by atomic mass is 10.1. The quantitative estimate of drug-likeness (QED) is 0.321. The average Bonchev–Trinajstić information content (AvgIpc) is 3.46. The first-order chi connectivity index (χ1) is 13.8. The molecule has 1 saturated carbocycles. The Labute approximate surface area is 180 Å². The van der Waals surface area contributed by atoms with Gasteiger partial charge in [0.2, 0.25) is 11.7 Å². The van der Waals surface area contributed by atoms with Gasteiger partial charge in [0, 0.05) is 35.1 Å². The molecule has 1 aromatic carbocycles. The van der Waals surface area contributed by atoms with Crippen LogP contribution in [0.25, 0.3) is 22.3 Å². The van der Waals surface area contributed by atoms with Gasteiger partial charge >= 0.3 is 0 Å². The predicted molar refractivity (Wildman–Crippen MR) is 122 cm³/mol.